The van der Waals surface area contributed by atoms with Crippen LogP contribution in [0.2, 0.25) is 0 Å². The Morgan fingerprint density at radius 1 is 1.20 bits per heavy atom. The molecule has 2 aromatic rings. The smallest absolute Gasteiger partial charge is 0.0490 e. The molecule has 1 heterocycles. The van der Waals surface area contributed by atoms with E-state index < -0.39 is 0 Å². The van der Waals surface area contributed by atoms with Crippen molar-refractivity contribution in [2.45, 2.75) is 12.8 Å². The lowest BCUT2D eigenvalue weighted by Gasteiger charge is -2.01. The van der Waals surface area contributed by atoms with Crippen LogP contribution < -0.4 is 5.73 Å². The van der Waals surface area contributed by atoms with E-state index in [0.717, 1.165) is 11.9 Å². The predicted octanol–water partition coefficient (Wildman–Crippen LogP) is 1.20. The average molecular weight is 204 g/mol. The zero-order valence-corrected chi connectivity index (χ0v) is 8.66. The van der Waals surface area contributed by atoms with Gasteiger partial charge >= 0.3 is 0 Å². The summed E-state index contributed by atoms with van der Waals surface area (Å²) >= 11 is 0. The zero-order valence-electron chi connectivity index (χ0n) is 8.66. The summed E-state index contributed by atoms with van der Waals surface area (Å²) in [5.41, 5.74) is 9.11. The first kappa shape index (κ1) is 10.2. The highest BCUT2D eigenvalue weighted by Crippen LogP contribution is 2.22. The summed E-state index contributed by atoms with van der Waals surface area (Å²) in [6, 6.07) is 6.17. The minimum Gasteiger partial charge on any atom is -0.396 e. The Morgan fingerprint density at radius 2 is 2.07 bits per heavy atom. The van der Waals surface area contributed by atoms with Crippen LogP contribution in [0.1, 0.15) is 11.1 Å². The molecule has 0 aliphatic rings. The van der Waals surface area contributed by atoms with E-state index in [9.17, 15) is 0 Å². The van der Waals surface area contributed by atoms with Crippen LogP contribution in [0, 0.1) is 0 Å². The molecule has 1 aromatic carbocycles. The summed E-state index contributed by atoms with van der Waals surface area (Å²) < 4.78 is 0. The van der Waals surface area contributed by atoms with Crippen molar-refractivity contribution in [3.63, 3.8) is 0 Å². The highest BCUT2D eigenvalue weighted by molar-refractivity contribution is 5.86. The van der Waals surface area contributed by atoms with Crippen molar-refractivity contribution in [2.24, 2.45) is 5.73 Å². The Balaban J connectivity index is 2.48. The summed E-state index contributed by atoms with van der Waals surface area (Å²) in [6.45, 7) is 0.849. The molecule has 2 rings (SSSR count). The van der Waals surface area contributed by atoms with E-state index in [-0.39, 0.29) is 6.61 Å². The Kier molecular flexibility index (Phi) is 3.04. The lowest BCUT2D eigenvalue weighted by Crippen LogP contribution is -2.01. The maximum absolute atomic E-state index is 8.96. The SMILES string of the molecule is NCCc1c[nH]c2c(CCO)cccc12. The van der Waals surface area contributed by atoms with Gasteiger partial charge in [0.2, 0.25) is 0 Å². The van der Waals surface area contributed by atoms with Gasteiger partial charge in [0, 0.05) is 23.7 Å². The van der Waals surface area contributed by atoms with Gasteiger partial charge in [-0.15, -0.1) is 0 Å². The van der Waals surface area contributed by atoms with Gasteiger partial charge in [0.05, 0.1) is 0 Å². The van der Waals surface area contributed by atoms with Crippen LogP contribution >= 0.6 is 0 Å². The van der Waals surface area contributed by atoms with Crippen molar-refractivity contribution in [3.8, 4) is 0 Å². The molecule has 3 heteroatoms. The predicted molar refractivity (Wildman–Crippen MR) is 61.8 cm³/mol. The fourth-order valence-electron chi connectivity index (χ4n) is 1.97. The summed E-state index contributed by atoms with van der Waals surface area (Å²) in [7, 11) is 0. The third-order valence-corrected chi connectivity index (χ3v) is 2.68. The Bertz CT molecular complexity index is 448. The molecular weight excluding hydrogens is 188 g/mol. The number of fused-ring (bicyclic) bond motifs is 1. The number of hydrogen-bond acceptors (Lipinski definition) is 2. The van der Waals surface area contributed by atoms with Crippen molar-refractivity contribution in [1.82, 2.24) is 4.98 Å². The lowest BCUT2D eigenvalue weighted by atomic mass is 10.1. The van der Waals surface area contributed by atoms with Gasteiger partial charge in [-0.25, -0.2) is 0 Å². The molecule has 15 heavy (non-hydrogen) atoms. The average Bonchev–Trinajstić information content (AvgIpc) is 2.64. The van der Waals surface area contributed by atoms with Crippen molar-refractivity contribution in [1.29, 1.82) is 0 Å². The van der Waals surface area contributed by atoms with Gasteiger partial charge in [-0.3, -0.25) is 0 Å². The van der Waals surface area contributed by atoms with Crippen LogP contribution in [0.3, 0.4) is 0 Å². The molecule has 0 bridgehead atoms. The van der Waals surface area contributed by atoms with Crippen LogP contribution in [-0.4, -0.2) is 23.2 Å². The number of aliphatic hydroxyl groups excluding tert-OH is 1. The molecule has 0 aliphatic heterocycles. The van der Waals surface area contributed by atoms with Crippen LogP contribution in [0.5, 0.6) is 0 Å². The van der Waals surface area contributed by atoms with E-state index in [4.69, 9.17) is 10.8 Å². The molecule has 1 aromatic heterocycles. The molecule has 0 aliphatic carbocycles. The number of aromatic nitrogens is 1. The second-order valence-corrected chi connectivity index (χ2v) is 3.67. The Morgan fingerprint density at radius 3 is 2.80 bits per heavy atom. The largest absolute Gasteiger partial charge is 0.396 e. The molecule has 80 valence electrons. The van der Waals surface area contributed by atoms with Gasteiger partial charge < -0.3 is 15.8 Å². The standard InChI is InChI=1S/C12H16N2O/c13-6-4-10-8-14-12-9(5-7-15)2-1-3-11(10)12/h1-3,8,14-15H,4-7,13H2. The summed E-state index contributed by atoms with van der Waals surface area (Å²) in [5, 5.41) is 10.2. The summed E-state index contributed by atoms with van der Waals surface area (Å²) in [6.07, 6.45) is 3.60. The topological polar surface area (TPSA) is 62.0 Å². The lowest BCUT2D eigenvalue weighted by molar-refractivity contribution is 0.300. The van der Waals surface area contributed by atoms with Gasteiger partial charge in [0.15, 0.2) is 0 Å². The highest BCUT2D eigenvalue weighted by atomic mass is 16.2. The number of H-pyrrole nitrogens is 1. The zero-order chi connectivity index (χ0) is 10.7. The molecular formula is C12H16N2O. The number of para-hydroxylation sites is 1. The molecule has 0 radical (unpaired) electrons. The van der Waals surface area contributed by atoms with E-state index in [2.05, 4.69) is 11.1 Å². The fraction of sp³-hybridized carbons (Fsp3) is 0.333. The Hall–Kier alpha value is -1.32. The maximum atomic E-state index is 8.96. The van der Waals surface area contributed by atoms with Gasteiger partial charge in [-0.2, -0.15) is 0 Å². The van der Waals surface area contributed by atoms with Gasteiger partial charge in [-0.1, -0.05) is 18.2 Å². The molecule has 0 unspecified atom stereocenters. The molecule has 3 nitrogen and oxygen atoms in total. The second kappa shape index (κ2) is 4.47. The first-order valence-electron chi connectivity index (χ1n) is 5.25. The first-order valence-corrected chi connectivity index (χ1v) is 5.25. The molecule has 0 saturated heterocycles. The minimum absolute atomic E-state index is 0.185. The highest BCUT2D eigenvalue weighted by Gasteiger charge is 2.05. The third-order valence-electron chi connectivity index (χ3n) is 2.68. The van der Waals surface area contributed by atoms with E-state index in [0.29, 0.717) is 13.0 Å². The summed E-state index contributed by atoms with van der Waals surface area (Å²) in [5.74, 6) is 0. The van der Waals surface area contributed by atoms with Gasteiger partial charge in [-0.05, 0) is 30.5 Å². The van der Waals surface area contributed by atoms with E-state index in [1.165, 1.54) is 16.5 Å². The molecule has 0 spiro atoms. The van der Waals surface area contributed by atoms with Crippen molar-refractivity contribution in [3.05, 3.63) is 35.5 Å². The number of nitrogens with two attached hydrogens (primary N) is 1. The number of rotatable bonds is 4. The quantitative estimate of drug-likeness (QED) is 0.701. The van der Waals surface area contributed by atoms with E-state index >= 15 is 0 Å². The number of nitrogens with one attached hydrogen (secondary N) is 1. The van der Waals surface area contributed by atoms with Crippen LogP contribution in [0.4, 0.5) is 0 Å². The second-order valence-electron chi connectivity index (χ2n) is 3.67. The number of aromatic amines is 1. The minimum atomic E-state index is 0.185. The number of hydrogen-bond donors (Lipinski definition) is 3. The van der Waals surface area contributed by atoms with Crippen molar-refractivity contribution in [2.75, 3.05) is 13.2 Å². The number of benzene rings is 1. The van der Waals surface area contributed by atoms with Gasteiger partial charge in [0.25, 0.3) is 0 Å². The van der Waals surface area contributed by atoms with Gasteiger partial charge in [0.1, 0.15) is 0 Å². The van der Waals surface area contributed by atoms with Crippen molar-refractivity contribution < 1.29 is 5.11 Å². The molecule has 0 amide bonds. The van der Waals surface area contributed by atoms with Crippen LogP contribution in [0.25, 0.3) is 10.9 Å². The number of aliphatic hydroxyl groups is 1. The normalized spacial score (nSPS) is 11.1. The molecule has 0 fully saturated rings. The molecule has 4 N–H and O–H groups in total. The first-order chi connectivity index (χ1) is 7.36. The van der Waals surface area contributed by atoms with Crippen LogP contribution in [-0.2, 0) is 12.8 Å². The van der Waals surface area contributed by atoms with E-state index in [1.54, 1.807) is 0 Å². The van der Waals surface area contributed by atoms with Crippen molar-refractivity contribution >= 4 is 10.9 Å². The molecule has 0 saturated carbocycles. The fourth-order valence-corrected chi connectivity index (χ4v) is 1.97. The Labute approximate surface area is 88.9 Å². The third kappa shape index (κ3) is 1.89. The maximum Gasteiger partial charge on any atom is 0.0490 e. The monoisotopic (exact) mass is 204 g/mol. The van der Waals surface area contributed by atoms with Crippen LogP contribution in [0.15, 0.2) is 24.4 Å². The van der Waals surface area contributed by atoms with E-state index in [1.807, 2.05) is 18.3 Å². The molecule has 0 atom stereocenters. The summed E-state index contributed by atoms with van der Waals surface area (Å²) in [4.78, 5) is 3.26.